The number of ketones is 1. The average Bonchev–Trinajstić information content (AvgIpc) is 3.38. The molecule has 2 N–H and O–H groups in total. The number of hydrogen-bond acceptors (Lipinski definition) is 7. The van der Waals surface area contributed by atoms with Gasteiger partial charge in [0.25, 0.3) is 0 Å². The van der Waals surface area contributed by atoms with Crippen molar-refractivity contribution >= 4 is 23.5 Å². The summed E-state index contributed by atoms with van der Waals surface area (Å²) in [5.41, 5.74) is 1.60. The minimum absolute atomic E-state index is 0.0175. The second kappa shape index (κ2) is 9.00. The van der Waals surface area contributed by atoms with E-state index < -0.39 is 11.2 Å². The Morgan fingerprint density at radius 2 is 2.17 bits per heavy atom. The fourth-order valence-electron chi connectivity index (χ4n) is 3.47. The van der Waals surface area contributed by atoms with Crippen LogP contribution in [0.3, 0.4) is 0 Å². The molecule has 0 bridgehead atoms. The van der Waals surface area contributed by atoms with Crippen molar-refractivity contribution in [2.24, 2.45) is 0 Å². The van der Waals surface area contributed by atoms with Crippen LogP contribution in [0.4, 0.5) is 0 Å². The number of nitrogens with one attached hydrogen (secondary N) is 2. The van der Waals surface area contributed by atoms with E-state index in [9.17, 15) is 14.4 Å². The maximum absolute atomic E-state index is 13.0. The molecule has 0 aromatic carbocycles. The lowest BCUT2D eigenvalue weighted by molar-refractivity contribution is 0.0525. The van der Waals surface area contributed by atoms with Crippen molar-refractivity contribution in [1.82, 2.24) is 19.7 Å². The Morgan fingerprint density at radius 3 is 2.83 bits per heavy atom. The smallest absolute Gasteiger partial charge is 0.344 e. The van der Waals surface area contributed by atoms with Crippen LogP contribution in [0.2, 0.25) is 0 Å². The van der Waals surface area contributed by atoms with Gasteiger partial charge in [0.05, 0.1) is 35.8 Å². The molecular weight excluding hydrogens is 396 g/mol. The molecule has 3 heterocycles. The van der Waals surface area contributed by atoms with Gasteiger partial charge in [0.1, 0.15) is 0 Å². The minimum atomic E-state index is -0.514. The molecule has 0 amide bonds. The summed E-state index contributed by atoms with van der Waals surface area (Å²) in [6.07, 6.45) is 1.85. The van der Waals surface area contributed by atoms with E-state index in [2.05, 4.69) is 15.2 Å². The second-order valence-electron chi connectivity index (χ2n) is 7.03. The third-order valence-corrected chi connectivity index (χ3v) is 6.04. The maximum atomic E-state index is 13.0. The van der Waals surface area contributed by atoms with Gasteiger partial charge in [-0.2, -0.15) is 0 Å². The second-order valence-corrected chi connectivity index (χ2v) is 8.33. The maximum Gasteiger partial charge on any atom is 0.344 e. The molecule has 0 radical (unpaired) electrons. The monoisotopic (exact) mass is 422 g/mol. The highest BCUT2D eigenvalue weighted by Crippen LogP contribution is 2.27. The van der Waals surface area contributed by atoms with Crippen molar-refractivity contribution in [3.05, 3.63) is 33.0 Å². The third-order valence-electron chi connectivity index (χ3n) is 4.95. The molecule has 9 nitrogen and oxygen atoms in total. The van der Waals surface area contributed by atoms with E-state index in [-0.39, 0.29) is 24.2 Å². The van der Waals surface area contributed by atoms with Gasteiger partial charge in [0.15, 0.2) is 10.9 Å². The molecule has 2 aromatic heterocycles. The highest BCUT2D eigenvalue weighted by molar-refractivity contribution is 8.00. The number of hydrogen-bond donors (Lipinski definition) is 2. The molecule has 2 aromatic rings. The Balaban J connectivity index is 1.77. The van der Waals surface area contributed by atoms with E-state index in [0.717, 1.165) is 12.8 Å². The number of aromatic nitrogens is 4. The Kier molecular flexibility index (Phi) is 6.63. The molecule has 1 fully saturated rings. The summed E-state index contributed by atoms with van der Waals surface area (Å²) in [5, 5.41) is 6.45. The molecule has 0 aliphatic carbocycles. The van der Waals surface area contributed by atoms with Gasteiger partial charge in [0, 0.05) is 12.3 Å². The lowest BCUT2D eigenvalue weighted by Gasteiger charge is -2.13. The van der Waals surface area contributed by atoms with Crippen LogP contribution in [0.15, 0.2) is 9.95 Å². The lowest BCUT2D eigenvalue weighted by atomic mass is 10.1. The third kappa shape index (κ3) is 4.48. The molecule has 1 aliphatic rings. The normalized spacial score (nSPS) is 17.4. The molecule has 2 atom stereocenters. The first kappa shape index (κ1) is 21.4. The summed E-state index contributed by atoms with van der Waals surface area (Å²) >= 11 is 1.20. The van der Waals surface area contributed by atoms with Gasteiger partial charge >= 0.3 is 11.7 Å². The number of aromatic amines is 2. The topological polar surface area (TPSA) is 119 Å². The number of thioether (sulfide) groups is 1. The molecule has 0 spiro atoms. The number of H-pyrrole nitrogens is 2. The molecule has 3 rings (SSSR count). The quantitative estimate of drug-likeness (QED) is 0.380. The van der Waals surface area contributed by atoms with E-state index in [0.29, 0.717) is 40.8 Å². The summed E-state index contributed by atoms with van der Waals surface area (Å²) < 4.78 is 12.2. The minimum Gasteiger partial charge on any atom is -0.462 e. The van der Waals surface area contributed by atoms with Gasteiger partial charge < -0.3 is 14.5 Å². The first-order chi connectivity index (χ1) is 13.8. The molecule has 10 heteroatoms. The highest BCUT2D eigenvalue weighted by atomic mass is 32.2. The van der Waals surface area contributed by atoms with Crippen LogP contribution in [0, 0.1) is 13.8 Å². The van der Waals surface area contributed by atoms with Crippen molar-refractivity contribution in [1.29, 1.82) is 0 Å². The SMILES string of the molecule is CCOC(=O)c1c(C)[nH]c(C(=O)[C@@H](C)Sc2n[nH]c(=O)n2C[C@@H]2CCCO2)c1C. The number of rotatable bonds is 8. The number of aryl methyl sites for hydroxylation is 1. The zero-order valence-corrected chi connectivity index (χ0v) is 17.9. The Hall–Kier alpha value is -2.33. The number of ether oxygens (including phenoxy) is 2. The summed E-state index contributed by atoms with van der Waals surface area (Å²) in [6.45, 7) is 8.32. The number of esters is 1. The van der Waals surface area contributed by atoms with E-state index in [1.807, 2.05) is 0 Å². The van der Waals surface area contributed by atoms with Crippen LogP contribution in [-0.2, 0) is 16.0 Å². The number of Topliss-reactive ketones (excluding diaryl/α,β-unsaturated/α-hetero) is 1. The molecule has 158 valence electrons. The summed E-state index contributed by atoms with van der Waals surface area (Å²) in [4.78, 5) is 40.3. The van der Waals surface area contributed by atoms with Gasteiger partial charge in [-0.25, -0.2) is 14.7 Å². The van der Waals surface area contributed by atoms with Gasteiger partial charge in [-0.1, -0.05) is 11.8 Å². The van der Waals surface area contributed by atoms with Crippen LogP contribution < -0.4 is 5.69 Å². The van der Waals surface area contributed by atoms with Crippen molar-refractivity contribution in [2.75, 3.05) is 13.2 Å². The fourth-order valence-corrected chi connectivity index (χ4v) is 4.39. The number of carbonyl (C=O) groups is 2. The molecule has 29 heavy (non-hydrogen) atoms. The molecular formula is C19H26N4O5S. The fraction of sp³-hybridized carbons (Fsp3) is 0.579. The van der Waals surface area contributed by atoms with Crippen LogP contribution in [0.1, 0.15) is 58.8 Å². The zero-order chi connectivity index (χ0) is 21.1. The van der Waals surface area contributed by atoms with E-state index in [1.54, 1.807) is 27.7 Å². The van der Waals surface area contributed by atoms with Crippen molar-refractivity contribution in [3.63, 3.8) is 0 Å². The average molecular weight is 423 g/mol. The van der Waals surface area contributed by atoms with E-state index in [4.69, 9.17) is 9.47 Å². The van der Waals surface area contributed by atoms with E-state index >= 15 is 0 Å². The van der Waals surface area contributed by atoms with Crippen molar-refractivity contribution in [3.8, 4) is 0 Å². The Morgan fingerprint density at radius 1 is 1.41 bits per heavy atom. The van der Waals surface area contributed by atoms with Crippen LogP contribution in [0.25, 0.3) is 0 Å². The van der Waals surface area contributed by atoms with E-state index in [1.165, 1.54) is 16.3 Å². The number of carbonyl (C=O) groups excluding carboxylic acids is 2. The van der Waals surface area contributed by atoms with Crippen LogP contribution in [-0.4, -0.2) is 56.1 Å². The summed E-state index contributed by atoms with van der Waals surface area (Å²) in [7, 11) is 0. The highest BCUT2D eigenvalue weighted by Gasteiger charge is 2.28. The Labute approximate surface area is 172 Å². The van der Waals surface area contributed by atoms with Crippen molar-refractivity contribution < 1.29 is 19.1 Å². The Bertz CT molecular complexity index is 954. The molecule has 0 saturated carbocycles. The predicted octanol–water partition coefficient (Wildman–Crippen LogP) is 2.24. The predicted molar refractivity (Wildman–Crippen MR) is 108 cm³/mol. The zero-order valence-electron chi connectivity index (χ0n) is 17.0. The standard InChI is InChI=1S/C19H26N4O5S/c1-5-27-17(25)14-10(2)15(20-11(14)3)16(24)12(4)29-19-22-21-18(26)23(19)9-13-7-6-8-28-13/h12-13,20H,5-9H2,1-4H3,(H,21,26)/t12-,13+/m1/s1. The largest absolute Gasteiger partial charge is 0.462 e. The first-order valence-corrected chi connectivity index (χ1v) is 10.5. The van der Waals surface area contributed by atoms with Crippen LogP contribution >= 0.6 is 11.8 Å². The molecule has 1 aliphatic heterocycles. The van der Waals surface area contributed by atoms with Gasteiger partial charge in [-0.15, -0.1) is 5.10 Å². The summed E-state index contributed by atoms with van der Waals surface area (Å²) in [5.74, 6) is -0.624. The van der Waals surface area contributed by atoms with Gasteiger partial charge in [-0.3, -0.25) is 9.36 Å². The lowest BCUT2D eigenvalue weighted by Crippen LogP contribution is -2.25. The van der Waals surface area contributed by atoms with Gasteiger partial charge in [0.2, 0.25) is 0 Å². The first-order valence-electron chi connectivity index (χ1n) is 9.67. The molecule has 1 saturated heterocycles. The van der Waals surface area contributed by atoms with Crippen molar-refractivity contribution in [2.45, 2.75) is 63.6 Å². The van der Waals surface area contributed by atoms with Crippen LogP contribution in [0.5, 0.6) is 0 Å². The number of nitrogens with zero attached hydrogens (tertiary/aromatic N) is 2. The summed E-state index contributed by atoms with van der Waals surface area (Å²) in [6, 6.07) is 0. The van der Waals surface area contributed by atoms with Gasteiger partial charge in [-0.05, 0) is 46.1 Å². The molecule has 0 unspecified atom stereocenters.